The summed E-state index contributed by atoms with van der Waals surface area (Å²) >= 11 is 0. The van der Waals surface area contributed by atoms with Gasteiger partial charge in [0.25, 0.3) is 0 Å². The van der Waals surface area contributed by atoms with E-state index in [-0.39, 0.29) is 19.5 Å². The van der Waals surface area contributed by atoms with Crippen LogP contribution in [-0.4, -0.2) is 41.2 Å². The first-order valence-corrected chi connectivity index (χ1v) is 11.8. The van der Waals surface area contributed by atoms with Crippen molar-refractivity contribution in [1.82, 2.24) is 0 Å². The first-order valence-electron chi connectivity index (χ1n) is 5.80. The fourth-order valence-corrected chi connectivity index (χ4v) is 8.33. The maximum atomic E-state index is 5.92. The molecule has 0 aliphatic rings. The van der Waals surface area contributed by atoms with E-state index in [0.29, 0.717) is 0 Å². The maximum absolute atomic E-state index is 5.92. The quantitative estimate of drug-likeness (QED) is 0.410. The molecule has 0 spiro atoms. The first-order chi connectivity index (χ1) is 7.12. The minimum Gasteiger partial charge on any atom is -0.442 e. The van der Waals surface area contributed by atoms with Crippen LogP contribution in [0.25, 0.3) is 0 Å². The second kappa shape index (κ2) is 9.70. The molecule has 0 aromatic rings. The predicted octanol–water partition coefficient (Wildman–Crippen LogP) is -0.577. The van der Waals surface area contributed by atoms with Gasteiger partial charge in [0.1, 0.15) is 19.5 Å². The molecule has 0 bridgehead atoms. The van der Waals surface area contributed by atoms with Gasteiger partial charge in [-0.05, 0) is 51.1 Å². The molecule has 0 amide bonds. The SMILES string of the molecule is C[Si](C)(O[SiH2]CCCN)O[SiH2]CCCN. The number of rotatable bonds is 10. The Morgan fingerprint density at radius 3 is 1.67 bits per heavy atom. The van der Waals surface area contributed by atoms with Gasteiger partial charge in [-0.2, -0.15) is 0 Å². The molecule has 0 aliphatic heterocycles. The summed E-state index contributed by atoms with van der Waals surface area (Å²) < 4.78 is 11.8. The molecule has 0 aromatic heterocycles. The molecule has 7 heteroatoms. The van der Waals surface area contributed by atoms with Gasteiger partial charge in [0.15, 0.2) is 0 Å². The molecule has 4 nitrogen and oxygen atoms in total. The molecule has 0 fully saturated rings. The summed E-state index contributed by atoms with van der Waals surface area (Å²) in [6.07, 6.45) is 2.20. The lowest BCUT2D eigenvalue weighted by atomic mass is 10.5. The monoisotopic (exact) mass is 266 g/mol. The number of hydrogen-bond acceptors (Lipinski definition) is 4. The first kappa shape index (κ1) is 15.5. The molecule has 0 heterocycles. The Kier molecular flexibility index (Phi) is 10.0. The fraction of sp³-hybridized carbons (Fsp3) is 1.00. The lowest BCUT2D eigenvalue weighted by Crippen LogP contribution is -2.37. The molecule has 0 radical (unpaired) electrons. The van der Waals surface area contributed by atoms with Gasteiger partial charge in [-0.3, -0.25) is 0 Å². The molecule has 0 aromatic carbocycles. The molecule has 92 valence electrons. The van der Waals surface area contributed by atoms with Crippen molar-refractivity contribution in [2.24, 2.45) is 11.5 Å². The second-order valence-corrected chi connectivity index (χ2v) is 11.4. The molecule has 4 N–H and O–H groups in total. The van der Waals surface area contributed by atoms with Crippen LogP contribution in [0.2, 0.25) is 25.2 Å². The molecule has 0 atom stereocenters. The lowest BCUT2D eigenvalue weighted by molar-refractivity contribution is 0.425. The Bertz CT molecular complexity index is 136. The van der Waals surface area contributed by atoms with Gasteiger partial charge >= 0.3 is 8.56 Å². The van der Waals surface area contributed by atoms with Crippen molar-refractivity contribution in [2.45, 2.75) is 38.0 Å². The van der Waals surface area contributed by atoms with Gasteiger partial charge < -0.3 is 19.7 Å². The van der Waals surface area contributed by atoms with Crippen LogP contribution in [0.4, 0.5) is 0 Å². The zero-order chi connectivity index (χ0) is 11.6. The highest BCUT2D eigenvalue weighted by Crippen LogP contribution is 2.06. The zero-order valence-corrected chi connectivity index (χ0v) is 14.0. The van der Waals surface area contributed by atoms with E-state index >= 15 is 0 Å². The highest BCUT2D eigenvalue weighted by atomic mass is 28.4. The van der Waals surface area contributed by atoms with Crippen molar-refractivity contribution in [3.05, 3.63) is 0 Å². The van der Waals surface area contributed by atoms with Crippen molar-refractivity contribution in [1.29, 1.82) is 0 Å². The van der Waals surface area contributed by atoms with Crippen LogP contribution in [0, 0.1) is 0 Å². The average Bonchev–Trinajstić information content (AvgIpc) is 2.20. The van der Waals surface area contributed by atoms with Crippen LogP contribution in [0.15, 0.2) is 0 Å². The Morgan fingerprint density at radius 1 is 0.933 bits per heavy atom. The summed E-state index contributed by atoms with van der Waals surface area (Å²) in [6, 6.07) is 2.36. The minimum absolute atomic E-state index is 0.389. The molecule has 0 saturated heterocycles. The van der Waals surface area contributed by atoms with Crippen molar-refractivity contribution in [3.8, 4) is 0 Å². The van der Waals surface area contributed by atoms with Gasteiger partial charge in [0.2, 0.25) is 0 Å². The Morgan fingerprint density at radius 2 is 1.33 bits per heavy atom. The third-order valence-electron chi connectivity index (χ3n) is 2.10. The van der Waals surface area contributed by atoms with E-state index in [1.807, 2.05) is 0 Å². The van der Waals surface area contributed by atoms with E-state index in [9.17, 15) is 0 Å². The normalized spacial score (nSPS) is 13.6. The molecule has 15 heavy (non-hydrogen) atoms. The second-order valence-electron chi connectivity index (χ2n) is 4.09. The molecule has 0 aliphatic carbocycles. The van der Waals surface area contributed by atoms with E-state index in [0.717, 1.165) is 25.9 Å². The van der Waals surface area contributed by atoms with E-state index in [4.69, 9.17) is 19.7 Å². The van der Waals surface area contributed by atoms with Crippen LogP contribution in [-0.2, 0) is 8.23 Å². The summed E-state index contributed by atoms with van der Waals surface area (Å²) in [4.78, 5) is 0. The third-order valence-corrected chi connectivity index (χ3v) is 10.9. The highest BCUT2D eigenvalue weighted by molar-refractivity contribution is 6.73. The molecular formula is C8H26N2O2Si3. The van der Waals surface area contributed by atoms with Crippen LogP contribution < -0.4 is 11.5 Å². The predicted molar refractivity (Wildman–Crippen MR) is 73.7 cm³/mol. The van der Waals surface area contributed by atoms with E-state index in [2.05, 4.69) is 13.1 Å². The van der Waals surface area contributed by atoms with E-state index in [1.165, 1.54) is 12.1 Å². The lowest BCUT2D eigenvalue weighted by Gasteiger charge is -2.23. The summed E-state index contributed by atoms with van der Waals surface area (Å²) in [7, 11) is -2.54. The van der Waals surface area contributed by atoms with Crippen LogP contribution in [0.3, 0.4) is 0 Å². The molecular weight excluding hydrogens is 240 g/mol. The van der Waals surface area contributed by atoms with Gasteiger partial charge in [0.05, 0.1) is 0 Å². The Balaban J connectivity index is 3.40. The van der Waals surface area contributed by atoms with Gasteiger partial charge in [-0.1, -0.05) is 0 Å². The number of nitrogens with two attached hydrogens (primary N) is 2. The van der Waals surface area contributed by atoms with Crippen molar-refractivity contribution in [3.63, 3.8) is 0 Å². The molecule has 0 rings (SSSR count). The summed E-state index contributed by atoms with van der Waals surface area (Å²) in [5.41, 5.74) is 10.9. The standard InChI is InChI=1S/C8H26N2O2Si3/c1-15(2,11-13-7-3-5-9)12-14-8-4-6-10/h3-10,13-14H2,1-2H3. The largest absolute Gasteiger partial charge is 0.442 e. The molecule has 0 saturated carbocycles. The van der Waals surface area contributed by atoms with Gasteiger partial charge in [0, 0.05) is 0 Å². The third kappa shape index (κ3) is 10.8. The average molecular weight is 267 g/mol. The van der Waals surface area contributed by atoms with Gasteiger partial charge in [-0.25, -0.2) is 0 Å². The number of hydrogen-bond donors (Lipinski definition) is 2. The highest BCUT2D eigenvalue weighted by Gasteiger charge is 2.22. The van der Waals surface area contributed by atoms with Crippen molar-refractivity contribution < 1.29 is 8.23 Å². The van der Waals surface area contributed by atoms with Gasteiger partial charge in [-0.15, -0.1) is 0 Å². The fourth-order valence-electron chi connectivity index (χ4n) is 1.17. The van der Waals surface area contributed by atoms with E-state index in [1.54, 1.807) is 0 Å². The smallest absolute Gasteiger partial charge is 0.310 e. The summed E-state index contributed by atoms with van der Waals surface area (Å²) in [5.74, 6) is 0. The van der Waals surface area contributed by atoms with Crippen molar-refractivity contribution in [2.75, 3.05) is 13.1 Å². The van der Waals surface area contributed by atoms with Crippen molar-refractivity contribution >= 4 is 28.1 Å². The summed E-state index contributed by atoms with van der Waals surface area (Å²) in [6.45, 7) is 5.87. The van der Waals surface area contributed by atoms with Crippen LogP contribution in [0.1, 0.15) is 12.8 Å². The van der Waals surface area contributed by atoms with E-state index < -0.39 is 8.56 Å². The minimum atomic E-state index is -1.76. The topological polar surface area (TPSA) is 70.5 Å². The van der Waals surface area contributed by atoms with Crippen LogP contribution >= 0.6 is 0 Å². The molecule has 0 unspecified atom stereocenters. The summed E-state index contributed by atoms with van der Waals surface area (Å²) in [5, 5.41) is 0. The Hall–Kier alpha value is 0.491. The Labute approximate surface area is 99.2 Å². The van der Waals surface area contributed by atoms with Crippen LogP contribution in [0.5, 0.6) is 0 Å². The maximum Gasteiger partial charge on any atom is 0.310 e. The zero-order valence-electron chi connectivity index (χ0n) is 10.1.